The van der Waals surface area contributed by atoms with E-state index < -0.39 is 23.9 Å². The molecule has 0 unspecified atom stereocenters. The first-order valence-corrected chi connectivity index (χ1v) is 12.9. The van der Waals surface area contributed by atoms with Crippen molar-refractivity contribution in [2.45, 2.75) is 52.0 Å². The van der Waals surface area contributed by atoms with Gasteiger partial charge in [-0.2, -0.15) is 0 Å². The fraction of sp³-hybridized carbons (Fsp3) is 0.321. The predicted octanol–water partition coefficient (Wildman–Crippen LogP) is 2.63. The van der Waals surface area contributed by atoms with Crippen LogP contribution in [0.25, 0.3) is 10.8 Å². The van der Waals surface area contributed by atoms with E-state index in [0.717, 1.165) is 58.5 Å². The Bertz CT molecular complexity index is 1310. The maximum atomic E-state index is 13.4. The van der Waals surface area contributed by atoms with Gasteiger partial charge in [0.1, 0.15) is 6.04 Å². The Labute approximate surface area is 248 Å². The summed E-state index contributed by atoms with van der Waals surface area (Å²) in [6.07, 6.45) is 4.55. The van der Waals surface area contributed by atoms with Crippen molar-refractivity contribution in [3.63, 3.8) is 0 Å². The van der Waals surface area contributed by atoms with E-state index >= 15 is 0 Å². The van der Waals surface area contributed by atoms with Gasteiger partial charge >= 0.3 is 30.9 Å². The van der Waals surface area contributed by atoms with Gasteiger partial charge < -0.3 is 32.0 Å². The summed E-state index contributed by atoms with van der Waals surface area (Å²) in [6.45, 7) is 3.80. The molecule has 1 atom stereocenters. The van der Waals surface area contributed by atoms with Crippen LogP contribution in [0.5, 0.6) is 0 Å². The topological polar surface area (TPSA) is 169 Å². The van der Waals surface area contributed by atoms with Crippen LogP contribution < -0.4 is 34.8 Å². The molecular formula is C28H33BrLiN3O6. The molecule has 1 saturated carbocycles. The van der Waals surface area contributed by atoms with Gasteiger partial charge in [-0.25, -0.2) is 9.59 Å². The Balaban J connectivity index is 0.00000253. The van der Waals surface area contributed by atoms with Crippen LogP contribution in [0.15, 0.2) is 53.0 Å². The van der Waals surface area contributed by atoms with Crippen molar-refractivity contribution in [2.24, 2.45) is 5.92 Å². The number of carboxylic acid groups (broad SMARTS) is 1. The van der Waals surface area contributed by atoms with Crippen molar-refractivity contribution in [1.29, 1.82) is 0 Å². The van der Waals surface area contributed by atoms with Gasteiger partial charge in [0.05, 0.1) is 11.3 Å². The van der Waals surface area contributed by atoms with E-state index in [0.29, 0.717) is 11.4 Å². The Morgan fingerprint density at radius 1 is 0.923 bits per heavy atom. The van der Waals surface area contributed by atoms with Gasteiger partial charge in [-0.3, -0.25) is 4.79 Å². The Hall–Kier alpha value is -2.87. The number of aryl methyl sites for hydroxylation is 2. The molecule has 0 spiro atoms. The van der Waals surface area contributed by atoms with Crippen LogP contribution in [0.2, 0.25) is 0 Å². The van der Waals surface area contributed by atoms with Gasteiger partial charge in [0.15, 0.2) is 0 Å². The van der Waals surface area contributed by atoms with Crippen LogP contribution in [0, 0.1) is 19.8 Å². The molecule has 0 heterocycles. The summed E-state index contributed by atoms with van der Waals surface area (Å²) in [5, 5.41) is 19.9. The van der Waals surface area contributed by atoms with E-state index in [1.165, 1.54) is 0 Å². The molecule has 39 heavy (non-hydrogen) atoms. The molecule has 3 aromatic carbocycles. The monoisotopic (exact) mass is 593 g/mol. The van der Waals surface area contributed by atoms with Crippen LogP contribution in [0.3, 0.4) is 0 Å². The zero-order valence-corrected chi connectivity index (χ0v) is 23.9. The minimum atomic E-state index is -1.04. The summed E-state index contributed by atoms with van der Waals surface area (Å²) in [7, 11) is 0. The summed E-state index contributed by atoms with van der Waals surface area (Å²) >= 11 is 3.46. The van der Waals surface area contributed by atoms with Crippen molar-refractivity contribution in [2.75, 3.05) is 10.6 Å². The number of urea groups is 1. The second-order valence-electron chi connectivity index (χ2n) is 9.43. The number of carbonyl (C=O) groups is 3. The number of aliphatic carboxylic acids is 1. The fourth-order valence-electron chi connectivity index (χ4n) is 4.97. The third-order valence-corrected chi connectivity index (χ3v) is 7.25. The number of halogens is 1. The average molecular weight is 594 g/mol. The molecule has 1 fully saturated rings. The molecular weight excluding hydrogens is 561 g/mol. The number of anilines is 2. The molecule has 3 aromatic rings. The maximum absolute atomic E-state index is 13.4. The number of amides is 3. The maximum Gasteiger partial charge on any atom is 1.00 e. The number of hydrogen-bond acceptors (Lipinski definition) is 4. The predicted molar refractivity (Wildman–Crippen MR) is 151 cm³/mol. The van der Waals surface area contributed by atoms with Crippen molar-refractivity contribution in [3.05, 3.63) is 69.7 Å². The molecule has 0 aromatic heterocycles. The summed E-state index contributed by atoms with van der Waals surface area (Å²) in [5.41, 5.74) is 3.00. The molecule has 4 rings (SSSR count). The van der Waals surface area contributed by atoms with Crippen LogP contribution in [-0.2, 0) is 4.79 Å². The second kappa shape index (κ2) is 15.1. The summed E-state index contributed by atoms with van der Waals surface area (Å²) in [5.74, 6) is -1.67. The van der Waals surface area contributed by atoms with E-state index in [4.69, 9.17) is 0 Å². The van der Waals surface area contributed by atoms with Crippen LogP contribution in [-0.4, -0.2) is 40.0 Å². The van der Waals surface area contributed by atoms with Gasteiger partial charge in [-0.05, 0) is 78.8 Å². The Morgan fingerprint density at radius 2 is 1.49 bits per heavy atom. The van der Waals surface area contributed by atoms with Gasteiger partial charge in [-0.1, -0.05) is 59.5 Å². The van der Waals surface area contributed by atoms with E-state index in [9.17, 15) is 19.5 Å². The Kier molecular flexibility index (Phi) is 13.2. The first kappa shape index (κ1) is 34.2. The summed E-state index contributed by atoms with van der Waals surface area (Å²) in [6, 6.07) is 13.3. The van der Waals surface area contributed by atoms with Gasteiger partial charge in [0, 0.05) is 10.2 Å². The van der Waals surface area contributed by atoms with E-state index in [1.807, 2.05) is 50.2 Å². The molecule has 204 valence electrons. The zero-order valence-electron chi connectivity index (χ0n) is 22.3. The first-order chi connectivity index (χ1) is 17.2. The van der Waals surface area contributed by atoms with Crippen molar-refractivity contribution in [1.82, 2.24) is 5.32 Å². The third-order valence-electron chi connectivity index (χ3n) is 6.79. The molecule has 0 radical (unpaired) electrons. The van der Waals surface area contributed by atoms with Gasteiger partial charge in [-0.15, -0.1) is 0 Å². The van der Waals surface area contributed by atoms with Crippen LogP contribution in [0.4, 0.5) is 16.2 Å². The number of carboxylic acids is 1. The number of hydrogen-bond donors (Lipinski definition) is 4. The number of benzene rings is 3. The number of carbonyl (C=O) groups excluding carboxylic acids is 2. The minimum Gasteiger partial charge on any atom is -0.870 e. The molecule has 3 amide bonds. The number of fused-ring (bicyclic) bond motifs is 1. The molecule has 1 aliphatic carbocycles. The summed E-state index contributed by atoms with van der Waals surface area (Å²) < 4.78 is 0.919. The standard InChI is InChI=1S/C28H30BrN3O4.Li.2H2O/c1-16-12-21(29)13-17(2)24(16)32-28(36)30-23-15-20-11-7-6-10-19(20)14-22(23)26(33)31-25(27(34)35)18-8-4-3-5-9-18;;;/h6-7,10-15,18,25H,3-5,8-9H2,1-2H3,(H,31,33)(H,34,35)(H2,30,32,36);;2*1H2/q;+1;;/p-1/t25-;;;/m0.../s1. The fourth-order valence-corrected chi connectivity index (χ4v) is 5.66. The molecule has 0 bridgehead atoms. The minimum absolute atomic E-state index is 0. The van der Waals surface area contributed by atoms with Crippen molar-refractivity contribution < 1.29 is 49.3 Å². The van der Waals surface area contributed by atoms with Crippen molar-refractivity contribution >= 4 is 56.0 Å². The zero-order chi connectivity index (χ0) is 25.8. The smallest absolute Gasteiger partial charge is 0.870 e. The summed E-state index contributed by atoms with van der Waals surface area (Å²) in [4.78, 5) is 38.4. The first-order valence-electron chi connectivity index (χ1n) is 12.1. The Morgan fingerprint density at radius 3 is 2.05 bits per heavy atom. The SMILES string of the molecule is Cc1cc(Br)cc(C)c1NC(=O)Nc1cc2ccccc2cc1C(=O)N[C@H](C(=O)O)C1CCCCC1.O.[Li+].[OH-]. The van der Waals surface area contributed by atoms with Crippen LogP contribution in [0.1, 0.15) is 53.6 Å². The number of rotatable bonds is 6. The van der Waals surface area contributed by atoms with E-state index in [1.54, 1.807) is 12.1 Å². The second-order valence-corrected chi connectivity index (χ2v) is 10.3. The third kappa shape index (κ3) is 8.31. The number of nitrogens with one attached hydrogen (secondary N) is 3. The molecule has 9 nitrogen and oxygen atoms in total. The van der Waals surface area contributed by atoms with Crippen molar-refractivity contribution in [3.8, 4) is 0 Å². The average Bonchev–Trinajstić information content (AvgIpc) is 2.84. The van der Waals surface area contributed by atoms with E-state index in [-0.39, 0.29) is 41.3 Å². The molecule has 0 aliphatic heterocycles. The molecule has 7 N–H and O–H groups in total. The molecule has 1 aliphatic rings. The normalized spacial score (nSPS) is 13.6. The molecule has 11 heteroatoms. The van der Waals surface area contributed by atoms with Crippen LogP contribution >= 0.6 is 15.9 Å². The van der Waals surface area contributed by atoms with Gasteiger partial charge in [0.25, 0.3) is 5.91 Å². The molecule has 0 saturated heterocycles. The van der Waals surface area contributed by atoms with Gasteiger partial charge in [0.2, 0.25) is 0 Å². The quantitative estimate of drug-likeness (QED) is 0.321. The van der Waals surface area contributed by atoms with E-state index in [2.05, 4.69) is 31.9 Å². The largest absolute Gasteiger partial charge is 1.00 e.